The van der Waals surface area contributed by atoms with Crippen LogP contribution in [0.1, 0.15) is 19.4 Å². The maximum absolute atomic E-state index is 11.3. The van der Waals surface area contributed by atoms with Gasteiger partial charge in [-0.1, -0.05) is 6.92 Å². The van der Waals surface area contributed by atoms with Crippen molar-refractivity contribution < 1.29 is 9.90 Å². The van der Waals surface area contributed by atoms with Gasteiger partial charge < -0.3 is 9.67 Å². The topological polar surface area (TPSA) is 64.2 Å². The van der Waals surface area contributed by atoms with E-state index in [4.69, 9.17) is 5.11 Å². The summed E-state index contributed by atoms with van der Waals surface area (Å²) in [6.45, 7) is 1.73. The van der Waals surface area contributed by atoms with Gasteiger partial charge in [0.25, 0.3) is 0 Å². The molecule has 5 heteroatoms. The molecule has 1 N–H and O–H groups in total. The Morgan fingerprint density at radius 1 is 1.62 bits per heavy atom. The van der Waals surface area contributed by atoms with Crippen LogP contribution in [0.15, 0.2) is 17.2 Å². The average molecular weight is 184 g/mol. The van der Waals surface area contributed by atoms with E-state index in [0.29, 0.717) is 6.42 Å². The van der Waals surface area contributed by atoms with Crippen LogP contribution in [-0.4, -0.2) is 20.2 Å². The van der Waals surface area contributed by atoms with E-state index in [1.54, 1.807) is 20.2 Å². The largest absolute Gasteiger partial charge is 0.480 e. The summed E-state index contributed by atoms with van der Waals surface area (Å²) in [7, 11) is 1.59. The van der Waals surface area contributed by atoms with Crippen molar-refractivity contribution in [2.45, 2.75) is 19.4 Å². The first-order valence-electron chi connectivity index (χ1n) is 4.04. The zero-order valence-electron chi connectivity index (χ0n) is 7.60. The number of carboxylic acids is 1. The molecule has 0 radical (unpaired) electrons. The molecule has 0 bridgehead atoms. The van der Waals surface area contributed by atoms with Crippen LogP contribution in [-0.2, 0) is 11.8 Å². The molecule has 1 aromatic rings. The Labute approximate surface area is 75.2 Å². The van der Waals surface area contributed by atoms with Crippen molar-refractivity contribution in [3.05, 3.63) is 22.9 Å². The van der Waals surface area contributed by atoms with Gasteiger partial charge in [0.2, 0.25) is 0 Å². The van der Waals surface area contributed by atoms with Crippen LogP contribution in [0.3, 0.4) is 0 Å². The van der Waals surface area contributed by atoms with E-state index < -0.39 is 12.0 Å². The number of nitrogens with zero attached hydrogens (tertiary/aromatic N) is 2. The van der Waals surface area contributed by atoms with Crippen molar-refractivity contribution in [1.82, 2.24) is 9.13 Å². The molecule has 0 aliphatic rings. The smallest absolute Gasteiger partial charge is 0.328 e. The number of imidazole rings is 1. The zero-order valence-corrected chi connectivity index (χ0v) is 7.60. The van der Waals surface area contributed by atoms with E-state index in [-0.39, 0.29) is 5.69 Å². The van der Waals surface area contributed by atoms with Crippen LogP contribution >= 0.6 is 0 Å². The fourth-order valence-electron chi connectivity index (χ4n) is 1.21. The van der Waals surface area contributed by atoms with Crippen LogP contribution in [0.4, 0.5) is 0 Å². The number of aliphatic carboxylic acids is 1. The Morgan fingerprint density at radius 3 is 2.54 bits per heavy atom. The summed E-state index contributed by atoms with van der Waals surface area (Å²) in [6, 6.07) is -0.756. The predicted octanol–water partition coefficient (Wildman–Crippen LogP) is 0.223. The minimum Gasteiger partial charge on any atom is -0.480 e. The summed E-state index contributed by atoms with van der Waals surface area (Å²) in [6.07, 6.45) is 3.44. The summed E-state index contributed by atoms with van der Waals surface area (Å²) in [5, 5.41) is 8.79. The van der Waals surface area contributed by atoms with Crippen molar-refractivity contribution in [3.63, 3.8) is 0 Å². The van der Waals surface area contributed by atoms with Crippen LogP contribution in [0.2, 0.25) is 0 Å². The first-order chi connectivity index (χ1) is 6.07. The van der Waals surface area contributed by atoms with Crippen molar-refractivity contribution in [2.75, 3.05) is 0 Å². The maximum atomic E-state index is 11.3. The highest BCUT2D eigenvalue weighted by Gasteiger charge is 2.18. The first kappa shape index (κ1) is 9.57. The SMILES string of the molecule is CCC(C(=O)O)n1ccn(C)c1=O. The van der Waals surface area contributed by atoms with Gasteiger partial charge >= 0.3 is 11.7 Å². The Hall–Kier alpha value is -1.52. The minimum absolute atomic E-state index is 0.297. The molecule has 1 atom stereocenters. The van der Waals surface area contributed by atoms with Crippen molar-refractivity contribution in [2.24, 2.45) is 7.05 Å². The lowest BCUT2D eigenvalue weighted by molar-refractivity contribution is -0.141. The predicted molar refractivity (Wildman–Crippen MR) is 46.6 cm³/mol. The molecule has 72 valence electrons. The van der Waals surface area contributed by atoms with Crippen molar-refractivity contribution in [1.29, 1.82) is 0 Å². The van der Waals surface area contributed by atoms with E-state index in [1.165, 1.54) is 15.3 Å². The number of carbonyl (C=O) groups is 1. The molecular formula is C8H12N2O3. The lowest BCUT2D eigenvalue weighted by atomic mass is 10.2. The Morgan fingerprint density at radius 2 is 2.23 bits per heavy atom. The highest BCUT2D eigenvalue weighted by Crippen LogP contribution is 2.07. The van der Waals surface area contributed by atoms with Gasteiger partial charge in [-0.3, -0.25) is 4.57 Å². The van der Waals surface area contributed by atoms with Crippen LogP contribution in [0, 0.1) is 0 Å². The summed E-state index contributed by atoms with van der Waals surface area (Å²) in [4.78, 5) is 22.1. The van der Waals surface area contributed by atoms with Gasteiger partial charge in [-0.25, -0.2) is 9.59 Å². The highest BCUT2D eigenvalue weighted by molar-refractivity contribution is 5.71. The van der Waals surface area contributed by atoms with Crippen molar-refractivity contribution in [3.8, 4) is 0 Å². The first-order valence-corrected chi connectivity index (χ1v) is 4.04. The standard InChI is InChI=1S/C8H12N2O3/c1-3-6(7(11)12)10-5-4-9(2)8(10)13/h4-6H,3H2,1-2H3,(H,11,12). The Bertz CT molecular complexity index is 364. The summed E-state index contributed by atoms with van der Waals surface area (Å²) in [5.41, 5.74) is -0.297. The second kappa shape index (κ2) is 3.47. The summed E-state index contributed by atoms with van der Waals surface area (Å²) < 4.78 is 2.58. The number of aryl methyl sites for hydroxylation is 1. The van der Waals surface area contributed by atoms with E-state index in [1.807, 2.05) is 0 Å². The molecule has 0 aliphatic carbocycles. The maximum Gasteiger partial charge on any atom is 0.328 e. The lowest BCUT2D eigenvalue weighted by Gasteiger charge is -2.09. The number of hydrogen-bond donors (Lipinski definition) is 1. The van der Waals surface area contributed by atoms with Gasteiger partial charge in [0, 0.05) is 19.4 Å². The molecule has 0 aromatic carbocycles. The third-order valence-electron chi connectivity index (χ3n) is 1.98. The van der Waals surface area contributed by atoms with Gasteiger partial charge in [-0.2, -0.15) is 0 Å². The second-order valence-corrected chi connectivity index (χ2v) is 2.86. The molecule has 0 saturated carbocycles. The molecule has 1 rings (SSSR count). The molecule has 1 aromatic heterocycles. The molecule has 13 heavy (non-hydrogen) atoms. The van der Waals surface area contributed by atoms with E-state index in [9.17, 15) is 9.59 Å². The normalized spacial score (nSPS) is 12.8. The third-order valence-corrected chi connectivity index (χ3v) is 1.98. The number of rotatable bonds is 3. The molecule has 0 amide bonds. The number of hydrogen-bond acceptors (Lipinski definition) is 2. The second-order valence-electron chi connectivity index (χ2n) is 2.86. The van der Waals surface area contributed by atoms with E-state index in [0.717, 1.165) is 0 Å². The van der Waals surface area contributed by atoms with Crippen LogP contribution < -0.4 is 5.69 Å². The van der Waals surface area contributed by atoms with Crippen molar-refractivity contribution >= 4 is 5.97 Å². The molecule has 0 fully saturated rings. The molecule has 0 saturated heterocycles. The average Bonchev–Trinajstić information content (AvgIpc) is 2.37. The highest BCUT2D eigenvalue weighted by atomic mass is 16.4. The minimum atomic E-state index is -0.976. The number of carboxylic acid groups (broad SMARTS) is 1. The van der Waals surface area contributed by atoms with Gasteiger partial charge in [0.05, 0.1) is 0 Å². The van der Waals surface area contributed by atoms with Crippen LogP contribution in [0.25, 0.3) is 0 Å². The Kier molecular flexibility index (Phi) is 2.55. The fourth-order valence-corrected chi connectivity index (χ4v) is 1.21. The van der Waals surface area contributed by atoms with Gasteiger partial charge in [-0.05, 0) is 6.42 Å². The molecule has 5 nitrogen and oxygen atoms in total. The summed E-state index contributed by atoms with van der Waals surface area (Å²) in [5.74, 6) is -0.976. The zero-order chi connectivity index (χ0) is 10.0. The van der Waals surface area contributed by atoms with Gasteiger partial charge in [0.1, 0.15) is 6.04 Å². The lowest BCUT2D eigenvalue weighted by Crippen LogP contribution is -2.29. The fraction of sp³-hybridized carbons (Fsp3) is 0.500. The van der Waals surface area contributed by atoms with Gasteiger partial charge in [-0.15, -0.1) is 0 Å². The van der Waals surface area contributed by atoms with Crippen LogP contribution in [0.5, 0.6) is 0 Å². The summed E-state index contributed by atoms with van der Waals surface area (Å²) >= 11 is 0. The Balaban J connectivity index is 3.12. The monoisotopic (exact) mass is 184 g/mol. The van der Waals surface area contributed by atoms with Gasteiger partial charge in [0.15, 0.2) is 0 Å². The third kappa shape index (κ3) is 1.63. The molecule has 0 spiro atoms. The molecule has 0 aliphatic heterocycles. The molecular weight excluding hydrogens is 172 g/mol. The molecule has 1 unspecified atom stereocenters. The van der Waals surface area contributed by atoms with E-state index >= 15 is 0 Å². The quantitative estimate of drug-likeness (QED) is 0.731. The van der Waals surface area contributed by atoms with E-state index in [2.05, 4.69) is 0 Å². The number of aromatic nitrogens is 2. The molecule has 1 heterocycles.